The quantitative estimate of drug-likeness (QED) is 0.478. The highest BCUT2D eigenvalue weighted by Gasteiger charge is 2.14. The number of thioether (sulfide) groups is 1. The topological polar surface area (TPSA) is 110 Å². The van der Waals surface area contributed by atoms with Gasteiger partial charge in [0.2, 0.25) is 5.16 Å². The van der Waals surface area contributed by atoms with Crippen molar-refractivity contribution in [1.29, 1.82) is 0 Å². The van der Waals surface area contributed by atoms with Crippen molar-refractivity contribution >= 4 is 11.8 Å². The molecule has 0 aliphatic heterocycles. The maximum Gasteiger partial charge on any atom is 0.210 e. The van der Waals surface area contributed by atoms with Crippen molar-refractivity contribution in [3.8, 4) is 17.1 Å². The number of aryl methyl sites for hydroxylation is 1. The third-order valence-electron chi connectivity index (χ3n) is 3.46. The average Bonchev–Trinajstić information content (AvgIpc) is 3.21. The summed E-state index contributed by atoms with van der Waals surface area (Å²) < 4.78 is 8.71. The average molecular weight is 360 g/mol. The number of aromatic nitrogens is 7. The van der Waals surface area contributed by atoms with Gasteiger partial charge in [-0.1, -0.05) is 18.7 Å². The van der Waals surface area contributed by atoms with Crippen molar-refractivity contribution in [2.45, 2.75) is 37.7 Å². The van der Waals surface area contributed by atoms with Crippen LogP contribution in [-0.4, -0.2) is 41.7 Å². The number of nitrogen functional groups attached to an aromatic ring is 1. The molecule has 25 heavy (non-hydrogen) atoms. The molecule has 2 aromatic heterocycles. The van der Waals surface area contributed by atoms with Crippen LogP contribution < -0.4 is 10.6 Å². The van der Waals surface area contributed by atoms with Gasteiger partial charge in [0.1, 0.15) is 5.75 Å². The molecule has 2 N–H and O–H groups in total. The number of ether oxygens (including phenoxy) is 1. The number of nitrogens with zero attached hydrogens (tertiary/aromatic N) is 7. The Balaban J connectivity index is 1.71. The van der Waals surface area contributed by atoms with Gasteiger partial charge in [-0.05, 0) is 48.0 Å². The lowest BCUT2D eigenvalue weighted by molar-refractivity contribution is 0.340. The largest absolute Gasteiger partial charge is 0.494 e. The molecule has 0 unspecified atom stereocenters. The Labute approximate surface area is 149 Å². The fraction of sp³-hybridized carbons (Fsp3) is 0.400. The molecule has 3 aromatic rings. The number of benzene rings is 1. The normalized spacial score (nSPS) is 11.0. The first-order valence-corrected chi connectivity index (χ1v) is 9.03. The minimum Gasteiger partial charge on any atom is -0.494 e. The van der Waals surface area contributed by atoms with E-state index in [0.29, 0.717) is 23.3 Å². The van der Waals surface area contributed by atoms with Crippen LogP contribution in [0.25, 0.3) is 11.4 Å². The zero-order valence-electron chi connectivity index (χ0n) is 14.2. The van der Waals surface area contributed by atoms with Crippen molar-refractivity contribution in [3.05, 3.63) is 30.1 Å². The molecule has 0 saturated heterocycles. The maximum absolute atomic E-state index is 6.15. The zero-order chi connectivity index (χ0) is 17.6. The summed E-state index contributed by atoms with van der Waals surface area (Å²) in [5, 5.41) is 20.7. The number of tetrazole rings is 1. The first-order chi connectivity index (χ1) is 12.2. The van der Waals surface area contributed by atoms with E-state index in [1.807, 2.05) is 31.2 Å². The third kappa shape index (κ3) is 3.90. The van der Waals surface area contributed by atoms with Gasteiger partial charge in [0.15, 0.2) is 11.6 Å². The Bertz CT molecular complexity index is 813. The number of hydrogen-bond acceptors (Lipinski definition) is 8. The molecular formula is C15H20N8OS. The predicted octanol–water partition coefficient (Wildman–Crippen LogP) is 1.75. The lowest BCUT2D eigenvalue weighted by Gasteiger charge is -2.06. The molecule has 0 radical (unpaired) electrons. The molecule has 10 heteroatoms. The van der Waals surface area contributed by atoms with Crippen LogP contribution in [0.3, 0.4) is 0 Å². The summed E-state index contributed by atoms with van der Waals surface area (Å²) >= 11 is 1.45. The number of hydrogen-bond donors (Lipinski definition) is 1. The van der Waals surface area contributed by atoms with Crippen LogP contribution in [0.1, 0.15) is 26.1 Å². The summed E-state index contributed by atoms with van der Waals surface area (Å²) in [7, 11) is 0. The standard InChI is InChI=1S/C15H20N8OS/c1-3-9-22-13(17-20-21-22)10-25-15-19-18-14(23(15)16)11-5-7-12(8-6-11)24-4-2/h5-8H,3-4,9-10,16H2,1-2H3. The van der Waals surface area contributed by atoms with E-state index >= 15 is 0 Å². The van der Waals surface area contributed by atoms with E-state index in [4.69, 9.17) is 10.6 Å². The second-order valence-electron chi connectivity index (χ2n) is 5.24. The van der Waals surface area contributed by atoms with Gasteiger partial charge in [0.05, 0.1) is 12.4 Å². The van der Waals surface area contributed by atoms with Crippen LogP contribution in [0.2, 0.25) is 0 Å². The second-order valence-corrected chi connectivity index (χ2v) is 6.18. The molecule has 2 heterocycles. The summed E-state index contributed by atoms with van der Waals surface area (Å²) in [6.07, 6.45) is 0.970. The van der Waals surface area contributed by atoms with Crippen LogP contribution in [-0.2, 0) is 12.3 Å². The highest BCUT2D eigenvalue weighted by atomic mass is 32.2. The van der Waals surface area contributed by atoms with Crippen LogP contribution >= 0.6 is 11.8 Å². The lowest BCUT2D eigenvalue weighted by Crippen LogP contribution is -2.12. The minimum absolute atomic E-state index is 0.575. The van der Waals surface area contributed by atoms with Gasteiger partial charge in [-0.15, -0.1) is 15.3 Å². The SMILES string of the molecule is CCCn1nnnc1CSc1nnc(-c2ccc(OCC)cc2)n1N. The molecule has 3 rings (SSSR count). The van der Waals surface area contributed by atoms with Gasteiger partial charge in [0, 0.05) is 12.1 Å². The van der Waals surface area contributed by atoms with E-state index in [2.05, 4.69) is 32.6 Å². The molecule has 0 amide bonds. The van der Waals surface area contributed by atoms with Gasteiger partial charge in [-0.25, -0.2) is 9.36 Å². The molecule has 9 nitrogen and oxygen atoms in total. The van der Waals surface area contributed by atoms with E-state index in [9.17, 15) is 0 Å². The van der Waals surface area contributed by atoms with Gasteiger partial charge >= 0.3 is 0 Å². The second kappa shape index (κ2) is 7.97. The van der Waals surface area contributed by atoms with Crippen molar-refractivity contribution < 1.29 is 4.74 Å². The smallest absolute Gasteiger partial charge is 0.210 e. The molecule has 0 bridgehead atoms. The fourth-order valence-electron chi connectivity index (χ4n) is 2.28. The first-order valence-electron chi connectivity index (χ1n) is 8.04. The summed E-state index contributed by atoms with van der Waals surface area (Å²) in [5.74, 6) is 8.92. The number of rotatable bonds is 8. The van der Waals surface area contributed by atoms with Crippen LogP contribution in [0, 0.1) is 0 Å². The molecule has 132 valence electrons. The van der Waals surface area contributed by atoms with Gasteiger partial charge < -0.3 is 10.6 Å². The van der Waals surface area contributed by atoms with E-state index in [1.54, 1.807) is 4.68 Å². The van der Waals surface area contributed by atoms with E-state index in [-0.39, 0.29) is 0 Å². The Hall–Kier alpha value is -2.62. The molecule has 0 aliphatic rings. The Morgan fingerprint density at radius 2 is 1.92 bits per heavy atom. The van der Waals surface area contributed by atoms with Crippen LogP contribution in [0.15, 0.2) is 29.4 Å². The van der Waals surface area contributed by atoms with E-state index < -0.39 is 0 Å². The molecule has 0 fully saturated rings. The molecule has 0 aliphatic carbocycles. The Morgan fingerprint density at radius 3 is 2.64 bits per heavy atom. The summed E-state index contributed by atoms with van der Waals surface area (Å²) in [4.78, 5) is 0. The number of nitrogens with two attached hydrogens (primary N) is 1. The van der Waals surface area contributed by atoms with Crippen molar-refractivity contribution in [2.75, 3.05) is 12.4 Å². The Kier molecular flexibility index (Phi) is 5.49. The highest BCUT2D eigenvalue weighted by molar-refractivity contribution is 7.98. The lowest BCUT2D eigenvalue weighted by atomic mass is 10.2. The molecule has 0 saturated carbocycles. The third-order valence-corrected chi connectivity index (χ3v) is 4.40. The summed E-state index contributed by atoms with van der Waals surface area (Å²) in [6, 6.07) is 7.60. The first kappa shape index (κ1) is 17.2. The molecule has 0 spiro atoms. The molecule has 0 atom stereocenters. The molecular weight excluding hydrogens is 340 g/mol. The van der Waals surface area contributed by atoms with Crippen molar-refractivity contribution in [1.82, 2.24) is 35.1 Å². The van der Waals surface area contributed by atoms with Crippen molar-refractivity contribution in [3.63, 3.8) is 0 Å². The summed E-state index contributed by atoms with van der Waals surface area (Å²) in [5.41, 5.74) is 0.876. The minimum atomic E-state index is 0.575. The Morgan fingerprint density at radius 1 is 1.12 bits per heavy atom. The van der Waals surface area contributed by atoms with Gasteiger partial charge in [-0.2, -0.15) is 0 Å². The van der Waals surface area contributed by atoms with E-state index in [1.165, 1.54) is 16.4 Å². The van der Waals surface area contributed by atoms with Crippen LogP contribution in [0.4, 0.5) is 0 Å². The van der Waals surface area contributed by atoms with E-state index in [0.717, 1.165) is 30.1 Å². The van der Waals surface area contributed by atoms with Crippen molar-refractivity contribution in [2.24, 2.45) is 0 Å². The van der Waals surface area contributed by atoms with Gasteiger partial charge in [-0.3, -0.25) is 0 Å². The zero-order valence-corrected chi connectivity index (χ0v) is 15.0. The highest BCUT2D eigenvalue weighted by Crippen LogP contribution is 2.25. The monoisotopic (exact) mass is 360 g/mol. The fourth-order valence-corrected chi connectivity index (χ4v) is 3.07. The van der Waals surface area contributed by atoms with Crippen LogP contribution in [0.5, 0.6) is 5.75 Å². The summed E-state index contributed by atoms with van der Waals surface area (Å²) in [6.45, 7) is 5.45. The molecule has 1 aromatic carbocycles. The van der Waals surface area contributed by atoms with Gasteiger partial charge in [0.25, 0.3) is 0 Å². The maximum atomic E-state index is 6.15. The predicted molar refractivity (Wildman–Crippen MR) is 94.4 cm³/mol.